The molecule has 0 radical (unpaired) electrons. The van der Waals surface area contributed by atoms with E-state index in [1.54, 1.807) is 19.9 Å². The number of benzene rings is 1. The van der Waals surface area contributed by atoms with E-state index in [1.807, 2.05) is 0 Å². The molecule has 0 N–H and O–H groups in total. The summed E-state index contributed by atoms with van der Waals surface area (Å²) >= 11 is 0. The molecule has 108 valence electrons. The van der Waals surface area contributed by atoms with Gasteiger partial charge in [0, 0.05) is 13.1 Å². The molecule has 0 fully saturated rings. The van der Waals surface area contributed by atoms with Crippen molar-refractivity contribution in [2.24, 2.45) is 0 Å². The molecule has 0 spiro atoms. The van der Waals surface area contributed by atoms with Crippen molar-refractivity contribution in [3.05, 3.63) is 33.4 Å². The molecule has 0 aliphatic rings. The number of nitro benzene ring substituents is 1. The average molecular weight is 297 g/mol. The Kier molecular flexibility index (Phi) is 4.47. The fraction of sp³-hybridized carbons (Fsp3) is 0.417. The molecular formula is C12H15N3O4S. The number of hydrogen-bond donors (Lipinski definition) is 0. The summed E-state index contributed by atoms with van der Waals surface area (Å²) in [7, 11) is -2.87. The Morgan fingerprint density at radius 3 is 2.30 bits per heavy atom. The van der Waals surface area contributed by atoms with Crippen LogP contribution in [0.25, 0.3) is 0 Å². The molecule has 1 unspecified atom stereocenters. The number of rotatable bonds is 4. The summed E-state index contributed by atoms with van der Waals surface area (Å²) in [6.07, 6.45) is 0. The van der Waals surface area contributed by atoms with Gasteiger partial charge in [-0.05, 0) is 38.0 Å². The fourth-order valence-corrected chi connectivity index (χ4v) is 3.07. The van der Waals surface area contributed by atoms with E-state index in [-0.39, 0.29) is 0 Å². The molecule has 0 amide bonds. The van der Waals surface area contributed by atoms with E-state index in [0.717, 1.165) is 4.31 Å². The molecule has 1 aromatic rings. The highest BCUT2D eigenvalue weighted by molar-refractivity contribution is 7.89. The lowest BCUT2D eigenvalue weighted by Gasteiger charge is -2.19. The molecule has 0 aromatic heterocycles. The van der Waals surface area contributed by atoms with Crippen molar-refractivity contribution >= 4 is 15.7 Å². The molecule has 1 rings (SSSR count). The quantitative estimate of drug-likeness (QED) is 0.622. The summed E-state index contributed by atoms with van der Waals surface area (Å²) in [5.74, 6) is 0. The Hall–Kier alpha value is -1.98. The molecule has 7 nitrogen and oxygen atoms in total. The lowest BCUT2D eigenvalue weighted by Crippen LogP contribution is -2.34. The van der Waals surface area contributed by atoms with Crippen molar-refractivity contribution in [3.63, 3.8) is 0 Å². The van der Waals surface area contributed by atoms with Crippen LogP contribution in [0.2, 0.25) is 0 Å². The monoisotopic (exact) mass is 297 g/mol. The first kappa shape index (κ1) is 16.1. The van der Waals surface area contributed by atoms with Crippen molar-refractivity contribution in [2.75, 3.05) is 7.05 Å². The third kappa shape index (κ3) is 2.79. The molecule has 0 aliphatic heterocycles. The minimum absolute atomic E-state index is 0.393. The molecular weight excluding hydrogens is 282 g/mol. The summed E-state index contributed by atoms with van der Waals surface area (Å²) in [5, 5.41) is 19.9. The van der Waals surface area contributed by atoms with Crippen LogP contribution < -0.4 is 0 Å². The normalized spacial score (nSPS) is 13.0. The summed E-state index contributed by atoms with van der Waals surface area (Å²) in [5.41, 5.74) is 0.781. The van der Waals surface area contributed by atoms with E-state index in [1.165, 1.54) is 26.1 Å². The Morgan fingerprint density at radius 1 is 1.35 bits per heavy atom. The maximum atomic E-state index is 12.4. The van der Waals surface area contributed by atoms with Crippen LogP contribution in [0, 0.1) is 35.3 Å². The Labute approximate surface area is 117 Å². The van der Waals surface area contributed by atoms with Gasteiger partial charge in [-0.1, -0.05) is 0 Å². The van der Waals surface area contributed by atoms with Gasteiger partial charge in [0.1, 0.15) is 6.04 Å². The van der Waals surface area contributed by atoms with Gasteiger partial charge in [-0.3, -0.25) is 10.1 Å². The predicted octanol–water partition coefficient (Wildman–Crippen LogP) is 1.74. The molecule has 8 heteroatoms. The molecule has 1 aromatic carbocycles. The van der Waals surface area contributed by atoms with Crippen LogP contribution in [0.15, 0.2) is 17.0 Å². The van der Waals surface area contributed by atoms with Gasteiger partial charge in [-0.2, -0.15) is 9.57 Å². The first-order valence-electron chi connectivity index (χ1n) is 5.76. The minimum Gasteiger partial charge on any atom is -0.258 e. The van der Waals surface area contributed by atoms with Gasteiger partial charge in [0.25, 0.3) is 15.7 Å². The second-order valence-corrected chi connectivity index (χ2v) is 6.45. The van der Waals surface area contributed by atoms with Crippen molar-refractivity contribution in [3.8, 4) is 6.07 Å². The smallest absolute Gasteiger partial charge is 0.258 e. The van der Waals surface area contributed by atoms with E-state index in [0.29, 0.717) is 11.1 Å². The first-order chi connectivity index (χ1) is 9.12. The predicted molar refractivity (Wildman–Crippen MR) is 72.6 cm³/mol. The van der Waals surface area contributed by atoms with Gasteiger partial charge in [0.15, 0.2) is 4.90 Å². The van der Waals surface area contributed by atoms with E-state index < -0.39 is 31.6 Å². The largest absolute Gasteiger partial charge is 0.289 e. The van der Waals surface area contributed by atoms with Crippen LogP contribution in [-0.2, 0) is 10.0 Å². The van der Waals surface area contributed by atoms with Gasteiger partial charge < -0.3 is 0 Å². The van der Waals surface area contributed by atoms with Crippen molar-refractivity contribution < 1.29 is 13.3 Å². The molecule has 0 heterocycles. The van der Waals surface area contributed by atoms with Gasteiger partial charge >= 0.3 is 0 Å². The summed E-state index contributed by atoms with van der Waals surface area (Å²) < 4.78 is 25.6. The molecule has 0 bridgehead atoms. The van der Waals surface area contributed by atoms with Crippen molar-refractivity contribution in [1.82, 2.24) is 4.31 Å². The first-order valence-corrected chi connectivity index (χ1v) is 7.20. The van der Waals surface area contributed by atoms with Crippen LogP contribution in [0.1, 0.15) is 18.1 Å². The highest BCUT2D eigenvalue weighted by Gasteiger charge is 2.32. The van der Waals surface area contributed by atoms with E-state index >= 15 is 0 Å². The van der Waals surface area contributed by atoms with Crippen LogP contribution >= 0.6 is 0 Å². The highest BCUT2D eigenvalue weighted by atomic mass is 32.2. The van der Waals surface area contributed by atoms with Gasteiger partial charge in [-0.25, -0.2) is 8.42 Å². The maximum Gasteiger partial charge on any atom is 0.289 e. The topological polar surface area (TPSA) is 104 Å². The number of sulfonamides is 1. The Bertz CT molecular complexity index is 691. The molecule has 20 heavy (non-hydrogen) atoms. The second-order valence-electron chi connectivity index (χ2n) is 4.49. The van der Waals surface area contributed by atoms with Crippen LogP contribution in [-0.4, -0.2) is 30.7 Å². The van der Waals surface area contributed by atoms with E-state index in [9.17, 15) is 18.5 Å². The number of aryl methyl sites for hydroxylation is 2. The molecule has 0 saturated carbocycles. The van der Waals surface area contributed by atoms with Crippen molar-refractivity contribution in [2.45, 2.75) is 31.7 Å². The molecule has 1 atom stereocenters. The van der Waals surface area contributed by atoms with Crippen LogP contribution in [0.5, 0.6) is 0 Å². The minimum atomic E-state index is -4.10. The number of hydrogen-bond acceptors (Lipinski definition) is 5. The lowest BCUT2D eigenvalue weighted by molar-refractivity contribution is -0.387. The fourth-order valence-electron chi connectivity index (χ4n) is 1.57. The molecule has 0 aliphatic carbocycles. The Morgan fingerprint density at radius 2 is 1.85 bits per heavy atom. The number of nitrogens with zero attached hydrogens (tertiary/aromatic N) is 3. The van der Waals surface area contributed by atoms with E-state index in [2.05, 4.69) is 0 Å². The number of nitro groups is 1. The summed E-state index contributed by atoms with van der Waals surface area (Å²) in [6, 6.07) is 3.37. The van der Waals surface area contributed by atoms with Gasteiger partial charge in [-0.15, -0.1) is 0 Å². The maximum absolute atomic E-state index is 12.4. The third-order valence-corrected chi connectivity index (χ3v) is 5.12. The van der Waals surface area contributed by atoms with Gasteiger partial charge in [0.2, 0.25) is 0 Å². The second kappa shape index (κ2) is 5.56. The van der Waals surface area contributed by atoms with Gasteiger partial charge in [0.05, 0.1) is 11.0 Å². The average Bonchev–Trinajstić information content (AvgIpc) is 2.38. The standard InChI is InChI=1S/C12H15N3O4S/c1-8-5-11(15(16)17)12(6-9(8)2)20(18,19)14(4)10(3)7-13/h5-6,10H,1-4H3. The zero-order valence-corrected chi connectivity index (χ0v) is 12.4. The lowest BCUT2D eigenvalue weighted by atomic mass is 10.1. The zero-order valence-electron chi connectivity index (χ0n) is 11.6. The van der Waals surface area contributed by atoms with Crippen LogP contribution in [0.3, 0.4) is 0 Å². The van der Waals surface area contributed by atoms with Crippen LogP contribution in [0.4, 0.5) is 5.69 Å². The summed E-state index contributed by atoms with van der Waals surface area (Å²) in [6.45, 7) is 4.75. The zero-order chi connectivity index (χ0) is 15.7. The summed E-state index contributed by atoms with van der Waals surface area (Å²) in [4.78, 5) is 9.93. The van der Waals surface area contributed by atoms with E-state index in [4.69, 9.17) is 5.26 Å². The van der Waals surface area contributed by atoms with Crippen molar-refractivity contribution in [1.29, 1.82) is 5.26 Å². The highest BCUT2D eigenvalue weighted by Crippen LogP contribution is 2.29. The third-order valence-electron chi connectivity index (χ3n) is 3.16. The molecule has 0 saturated heterocycles. The number of nitriles is 1. The SMILES string of the molecule is Cc1cc([N+](=O)[O-])c(S(=O)(=O)N(C)C(C)C#N)cc1C. The Balaban J connectivity index is 3.58.